The van der Waals surface area contributed by atoms with Gasteiger partial charge in [0.1, 0.15) is 0 Å². The first-order chi connectivity index (χ1) is 7.88. The molecule has 0 spiro atoms. The zero-order valence-corrected chi connectivity index (χ0v) is 10.1. The highest BCUT2D eigenvalue weighted by Gasteiger charge is 2.26. The molecule has 2 aliphatic rings. The second-order valence-electron chi connectivity index (χ2n) is 4.66. The summed E-state index contributed by atoms with van der Waals surface area (Å²) in [6.07, 6.45) is 5.44. The van der Waals surface area contributed by atoms with Crippen LogP contribution in [0.3, 0.4) is 0 Å². The van der Waals surface area contributed by atoms with Gasteiger partial charge in [-0.3, -0.25) is 0 Å². The molecule has 2 aliphatic heterocycles. The standard InChI is InChI=1S/C12H23NO3/c1-13-8-11-2-3-12(16-11)9-15-10-4-6-14-7-5-10/h10-13H,2-9H2,1H3. The van der Waals surface area contributed by atoms with E-state index < -0.39 is 0 Å². The third-order valence-electron chi connectivity index (χ3n) is 3.31. The first-order valence-electron chi connectivity index (χ1n) is 6.38. The van der Waals surface area contributed by atoms with Crippen LogP contribution in [0.15, 0.2) is 0 Å². The molecule has 0 aromatic carbocycles. The van der Waals surface area contributed by atoms with Crippen LogP contribution in [0, 0.1) is 0 Å². The van der Waals surface area contributed by atoms with Crippen LogP contribution in [0.4, 0.5) is 0 Å². The Morgan fingerprint density at radius 3 is 2.62 bits per heavy atom. The molecule has 0 aromatic heterocycles. The third-order valence-corrected chi connectivity index (χ3v) is 3.31. The van der Waals surface area contributed by atoms with Gasteiger partial charge in [-0.2, -0.15) is 0 Å². The topological polar surface area (TPSA) is 39.7 Å². The van der Waals surface area contributed by atoms with Crippen molar-refractivity contribution in [2.45, 2.75) is 44.0 Å². The Kier molecular flexibility index (Phi) is 5.03. The largest absolute Gasteiger partial charge is 0.381 e. The Morgan fingerprint density at radius 1 is 1.12 bits per heavy atom. The van der Waals surface area contributed by atoms with Crippen LogP contribution in [0.5, 0.6) is 0 Å². The van der Waals surface area contributed by atoms with Gasteiger partial charge in [-0.05, 0) is 32.7 Å². The Hall–Kier alpha value is -0.160. The minimum atomic E-state index is 0.307. The average Bonchev–Trinajstić information content (AvgIpc) is 2.76. The van der Waals surface area contributed by atoms with Crippen LogP contribution in [-0.4, -0.2) is 51.7 Å². The molecule has 0 amide bonds. The van der Waals surface area contributed by atoms with E-state index in [1.807, 2.05) is 7.05 Å². The van der Waals surface area contributed by atoms with Gasteiger partial charge in [-0.1, -0.05) is 0 Å². The average molecular weight is 229 g/mol. The van der Waals surface area contributed by atoms with E-state index in [-0.39, 0.29) is 0 Å². The first-order valence-corrected chi connectivity index (χ1v) is 6.38. The highest BCUT2D eigenvalue weighted by Crippen LogP contribution is 2.21. The van der Waals surface area contributed by atoms with Gasteiger partial charge in [0.15, 0.2) is 0 Å². The summed E-state index contributed by atoms with van der Waals surface area (Å²) < 4.78 is 17.0. The van der Waals surface area contributed by atoms with Crippen LogP contribution in [0.2, 0.25) is 0 Å². The predicted octanol–water partition coefficient (Wildman–Crippen LogP) is 0.949. The highest BCUT2D eigenvalue weighted by molar-refractivity contribution is 4.75. The lowest BCUT2D eigenvalue weighted by atomic mass is 10.1. The summed E-state index contributed by atoms with van der Waals surface area (Å²) in [6.45, 7) is 3.40. The summed E-state index contributed by atoms with van der Waals surface area (Å²) in [5.41, 5.74) is 0. The van der Waals surface area contributed by atoms with E-state index in [4.69, 9.17) is 14.2 Å². The van der Waals surface area contributed by atoms with Gasteiger partial charge in [-0.15, -0.1) is 0 Å². The Labute approximate surface area is 97.6 Å². The molecule has 0 aliphatic carbocycles. The van der Waals surface area contributed by atoms with Crippen molar-refractivity contribution in [3.63, 3.8) is 0 Å². The van der Waals surface area contributed by atoms with Gasteiger partial charge in [-0.25, -0.2) is 0 Å². The molecule has 94 valence electrons. The van der Waals surface area contributed by atoms with Gasteiger partial charge in [0.2, 0.25) is 0 Å². The molecule has 2 saturated heterocycles. The number of hydrogen-bond acceptors (Lipinski definition) is 4. The summed E-state index contributed by atoms with van der Waals surface area (Å²) in [7, 11) is 1.97. The van der Waals surface area contributed by atoms with Crippen LogP contribution in [0.1, 0.15) is 25.7 Å². The number of hydrogen-bond donors (Lipinski definition) is 1. The Morgan fingerprint density at radius 2 is 1.88 bits per heavy atom. The lowest BCUT2D eigenvalue weighted by Gasteiger charge is -2.24. The SMILES string of the molecule is CNCC1CCC(COC2CCOCC2)O1. The fourth-order valence-electron chi connectivity index (χ4n) is 2.37. The number of likely N-dealkylation sites (N-methyl/N-ethyl adjacent to an activating group) is 1. The summed E-state index contributed by atoms with van der Waals surface area (Å²) >= 11 is 0. The molecule has 2 unspecified atom stereocenters. The molecule has 0 radical (unpaired) electrons. The molecule has 4 nitrogen and oxygen atoms in total. The zero-order valence-electron chi connectivity index (χ0n) is 10.1. The van der Waals surface area contributed by atoms with Crippen molar-refractivity contribution in [3.05, 3.63) is 0 Å². The Balaban J connectivity index is 1.59. The molecule has 2 rings (SSSR count). The maximum Gasteiger partial charge on any atom is 0.0814 e. The summed E-state index contributed by atoms with van der Waals surface area (Å²) in [5.74, 6) is 0. The van der Waals surface area contributed by atoms with Crippen molar-refractivity contribution in [3.8, 4) is 0 Å². The van der Waals surface area contributed by atoms with Crippen LogP contribution in [0.25, 0.3) is 0 Å². The Bertz CT molecular complexity index is 195. The van der Waals surface area contributed by atoms with E-state index in [0.717, 1.165) is 52.0 Å². The first kappa shape index (κ1) is 12.3. The van der Waals surface area contributed by atoms with E-state index in [0.29, 0.717) is 18.3 Å². The maximum atomic E-state index is 5.87. The molecule has 1 N–H and O–H groups in total. The molecule has 4 heteroatoms. The van der Waals surface area contributed by atoms with Crippen LogP contribution >= 0.6 is 0 Å². The van der Waals surface area contributed by atoms with E-state index >= 15 is 0 Å². The number of rotatable bonds is 5. The molecule has 16 heavy (non-hydrogen) atoms. The molecular weight excluding hydrogens is 206 g/mol. The number of nitrogens with one attached hydrogen (secondary N) is 1. The van der Waals surface area contributed by atoms with E-state index in [2.05, 4.69) is 5.32 Å². The molecule has 2 fully saturated rings. The molecule has 0 aromatic rings. The monoisotopic (exact) mass is 229 g/mol. The second kappa shape index (κ2) is 6.55. The van der Waals surface area contributed by atoms with Crippen molar-refractivity contribution in [2.24, 2.45) is 0 Å². The number of ether oxygens (including phenoxy) is 3. The smallest absolute Gasteiger partial charge is 0.0814 e. The quantitative estimate of drug-likeness (QED) is 0.762. The van der Waals surface area contributed by atoms with Crippen LogP contribution in [-0.2, 0) is 14.2 Å². The fourth-order valence-corrected chi connectivity index (χ4v) is 2.37. The normalized spacial score (nSPS) is 32.1. The molecular formula is C12H23NO3. The minimum absolute atomic E-state index is 0.307. The molecule has 2 atom stereocenters. The van der Waals surface area contributed by atoms with Crippen LogP contribution < -0.4 is 5.32 Å². The lowest BCUT2D eigenvalue weighted by molar-refractivity contribution is -0.0731. The van der Waals surface area contributed by atoms with Gasteiger partial charge in [0.25, 0.3) is 0 Å². The maximum absolute atomic E-state index is 5.87. The molecule has 0 saturated carbocycles. The summed E-state index contributed by atoms with van der Waals surface area (Å²) in [6, 6.07) is 0. The van der Waals surface area contributed by atoms with E-state index in [9.17, 15) is 0 Å². The lowest BCUT2D eigenvalue weighted by Crippen LogP contribution is -2.29. The highest BCUT2D eigenvalue weighted by atomic mass is 16.6. The second-order valence-corrected chi connectivity index (χ2v) is 4.66. The zero-order chi connectivity index (χ0) is 11.2. The van der Waals surface area contributed by atoms with Crippen molar-refractivity contribution < 1.29 is 14.2 Å². The van der Waals surface area contributed by atoms with Gasteiger partial charge < -0.3 is 19.5 Å². The van der Waals surface area contributed by atoms with E-state index in [1.165, 1.54) is 0 Å². The van der Waals surface area contributed by atoms with Gasteiger partial charge >= 0.3 is 0 Å². The van der Waals surface area contributed by atoms with Crippen molar-refractivity contribution >= 4 is 0 Å². The van der Waals surface area contributed by atoms with Crippen molar-refractivity contribution in [1.82, 2.24) is 5.32 Å². The van der Waals surface area contributed by atoms with Gasteiger partial charge in [0.05, 0.1) is 24.9 Å². The minimum Gasteiger partial charge on any atom is -0.381 e. The van der Waals surface area contributed by atoms with E-state index in [1.54, 1.807) is 0 Å². The summed E-state index contributed by atoms with van der Waals surface area (Å²) in [5, 5.41) is 3.15. The summed E-state index contributed by atoms with van der Waals surface area (Å²) in [4.78, 5) is 0. The molecule has 2 heterocycles. The molecule has 0 bridgehead atoms. The third kappa shape index (κ3) is 3.70. The van der Waals surface area contributed by atoms with Crippen molar-refractivity contribution in [1.29, 1.82) is 0 Å². The fraction of sp³-hybridized carbons (Fsp3) is 1.00. The van der Waals surface area contributed by atoms with Gasteiger partial charge in [0, 0.05) is 19.8 Å². The predicted molar refractivity (Wildman–Crippen MR) is 61.6 cm³/mol. The van der Waals surface area contributed by atoms with Crippen molar-refractivity contribution in [2.75, 3.05) is 33.4 Å².